The number of ether oxygens (including phenoxy) is 3. The third-order valence-corrected chi connectivity index (χ3v) is 8.42. The Morgan fingerprint density at radius 1 is 1.03 bits per heavy atom. The highest BCUT2D eigenvalue weighted by atomic mass is 32.2. The number of β-lactam (4-membered cyclic amide) rings is 1. The summed E-state index contributed by atoms with van der Waals surface area (Å²) in [6.45, 7) is 2.16. The molecule has 2 heterocycles. The first-order valence-electron chi connectivity index (χ1n) is 10.1. The number of carbonyl (C=O) groups is 4. The zero-order valence-electron chi connectivity index (χ0n) is 17.8. The van der Waals surface area contributed by atoms with E-state index in [1.165, 1.54) is 13.8 Å². The molecule has 0 N–H and O–H groups in total. The zero-order chi connectivity index (χ0) is 23.5. The second-order valence-corrected chi connectivity index (χ2v) is 10.8. The molecule has 0 unspecified atom stereocenters. The highest BCUT2D eigenvalue weighted by Crippen LogP contribution is 2.45. The molecule has 1 aromatic rings. The van der Waals surface area contributed by atoms with Gasteiger partial charge >= 0.3 is 17.9 Å². The van der Waals surface area contributed by atoms with E-state index < -0.39 is 56.6 Å². The summed E-state index contributed by atoms with van der Waals surface area (Å²) in [7, 11) is -3.72. The van der Waals surface area contributed by atoms with Crippen molar-refractivity contribution in [3.8, 4) is 0 Å². The minimum Gasteiger partial charge on any atom is -0.461 e. The lowest BCUT2D eigenvalue weighted by Crippen LogP contribution is -2.57. The van der Waals surface area contributed by atoms with Crippen molar-refractivity contribution in [2.75, 3.05) is 6.79 Å². The Bertz CT molecular complexity index is 1000. The number of esters is 3. The molecule has 0 saturated carbocycles. The molecule has 0 bridgehead atoms. The van der Waals surface area contributed by atoms with Crippen molar-refractivity contribution < 1.29 is 41.8 Å². The molecule has 0 spiro atoms. The van der Waals surface area contributed by atoms with E-state index in [9.17, 15) is 27.6 Å². The molecule has 0 radical (unpaired) electrons. The molecule has 3 rings (SSSR count). The second kappa shape index (κ2) is 9.27. The van der Waals surface area contributed by atoms with Crippen LogP contribution in [0.1, 0.15) is 45.1 Å². The average Bonchev–Trinajstić information content (AvgIpc) is 2.86. The number of benzene rings is 1. The van der Waals surface area contributed by atoms with Crippen molar-refractivity contribution >= 4 is 33.7 Å². The minimum absolute atomic E-state index is 0.0221. The third kappa shape index (κ3) is 4.62. The summed E-state index contributed by atoms with van der Waals surface area (Å²) in [4.78, 5) is 48.8. The van der Waals surface area contributed by atoms with Crippen LogP contribution in [0.15, 0.2) is 30.3 Å². The van der Waals surface area contributed by atoms with Gasteiger partial charge in [-0.2, -0.15) is 0 Å². The summed E-state index contributed by atoms with van der Waals surface area (Å²) < 4.78 is 38.3. The maximum atomic E-state index is 12.5. The van der Waals surface area contributed by atoms with Gasteiger partial charge in [0.25, 0.3) is 0 Å². The van der Waals surface area contributed by atoms with Crippen LogP contribution in [-0.4, -0.2) is 60.1 Å². The summed E-state index contributed by atoms with van der Waals surface area (Å²) in [5, 5.41) is -1.02. The van der Waals surface area contributed by atoms with E-state index in [4.69, 9.17) is 14.2 Å². The number of rotatable bonds is 9. The fourth-order valence-electron chi connectivity index (χ4n) is 3.70. The monoisotopic (exact) mass is 467 g/mol. The molecule has 174 valence electrons. The molecular weight excluding hydrogens is 442 g/mol. The first kappa shape index (κ1) is 23.7. The fraction of sp³-hybridized carbons (Fsp3) is 0.524. The molecule has 2 saturated heterocycles. The molecule has 0 aliphatic carbocycles. The van der Waals surface area contributed by atoms with E-state index in [1.54, 1.807) is 0 Å². The van der Waals surface area contributed by atoms with Crippen LogP contribution >= 0.6 is 0 Å². The Labute approximate surface area is 185 Å². The number of nitrogens with zero attached hydrogens (tertiary/aromatic N) is 1. The van der Waals surface area contributed by atoms with Crippen LogP contribution in [0.4, 0.5) is 0 Å². The van der Waals surface area contributed by atoms with Crippen molar-refractivity contribution in [1.29, 1.82) is 0 Å². The lowest BCUT2D eigenvalue weighted by atomic mass is 9.98. The predicted octanol–water partition coefficient (Wildman–Crippen LogP) is 1.08. The predicted molar refractivity (Wildman–Crippen MR) is 109 cm³/mol. The van der Waals surface area contributed by atoms with Gasteiger partial charge in [-0.25, -0.2) is 13.2 Å². The zero-order valence-corrected chi connectivity index (χ0v) is 18.6. The van der Waals surface area contributed by atoms with E-state index >= 15 is 0 Å². The summed E-state index contributed by atoms with van der Waals surface area (Å²) in [6, 6.07) is 7.87. The summed E-state index contributed by atoms with van der Waals surface area (Å²) in [5.41, 5.74) is 0.853. The Morgan fingerprint density at radius 3 is 2.28 bits per heavy atom. The largest absolute Gasteiger partial charge is 0.461 e. The van der Waals surface area contributed by atoms with E-state index in [1.807, 2.05) is 30.3 Å². The molecule has 1 aromatic carbocycles. The number of hydrogen-bond acceptors (Lipinski definition) is 9. The van der Waals surface area contributed by atoms with Gasteiger partial charge in [-0.1, -0.05) is 30.3 Å². The summed E-state index contributed by atoms with van der Waals surface area (Å²) >= 11 is 0. The minimum atomic E-state index is -3.72. The van der Waals surface area contributed by atoms with Crippen molar-refractivity contribution in [3.63, 3.8) is 0 Å². The van der Waals surface area contributed by atoms with E-state index in [0.717, 1.165) is 10.5 Å². The van der Waals surface area contributed by atoms with Crippen LogP contribution in [0, 0.1) is 0 Å². The van der Waals surface area contributed by atoms with Crippen LogP contribution in [0.2, 0.25) is 0 Å². The number of sulfone groups is 1. The Hall–Kier alpha value is -2.95. The average molecular weight is 467 g/mol. The topological polar surface area (TPSA) is 133 Å². The quantitative estimate of drug-likeness (QED) is 0.297. The number of amides is 1. The first-order valence-corrected chi connectivity index (χ1v) is 11.7. The molecule has 2 aliphatic heterocycles. The van der Waals surface area contributed by atoms with Crippen LogP contribution in [0.25, 0.3) is 0 Å². The van der Waals surface area contributed by atoms with Crippen LogP contribution in [0.3, 0.4) is 0 Å². The first-order chi connectivity index (χ1) is 15.1. The van der Waals surface area contributed by atoms with Crippen molar-refractivity contribution in [2.45, 2.75) is 62.3 Å². The Balaban J connectivity index is 1.36. The van der Waals surface area contributed by atoms with Crippen LogP contribution < -0.4 is 0 Å². The molecule has 2 fully saturated rings. The summed E-state index contributed by atoms with van der Waals surface area (Å²) in [6.07, 6.45) is -0.0289. The van der Waals surface area contributed by atoms with Gasteiger partial charge in [0.05, 0.1) is 11.2 Å². The van der Waals surface area contributed by atoms with Crippen molar-refractivity contribution in [2.24, 2.45) is 0 Å². The molecule has 11 heteroatoms. The molecule has 10 nitrogen and oxygen atoms in total. The highest BCUT2D eigenvalue weighted by molar-refractivity contribution is 7.93. The Kier molecular flexibility index (Phi) is 6.87. The number of hydrogen-bond donors (Lipinski definition) is 0. The van der Waals surface area contributed by atoms with Gasteiger partial charge in [-0.3, -0.25) is 14.4 Å². The van der Waals surface area contributed by atoms with Gasteiger partial charge in [0.1, 0.15) is 18.0 Å². The molecule has 0 aromatic heterocycles. The standard InChI is InChI=1S/C21H25NO9S/c1-21(2)19(22-15(23)11-16(22)32(21,27)28)20(26)31-13-30-18(25)10-6-9-17(24)29-12-14-7-4-3-5-8-14/h3-5,7-8,16,19H,6,9-13H2,1-2H3/t16-,19+/m1/s1. The Morgan fingerprint density at radius 2 is 1.66 bits per heavy atom. The molecule has 2 aliphatic rings. The molecular formula is C21H25NO9S. The lowest BCUT2D eigenvalue weighted by Gasteiger charge is -2.36. The number of fused-ring (bicyclic) bond motifs is 1. The summed E-state index contributed by atoms with van der Waals surface area (Å²) in [5.74, 6) is -2.54. The number of carbonyl (C=O) groups excluding carboxylic acids is 4. The van der Waals surface area contributed by atoms with Crippen molar-refractivity contribution in [1.82, 2.24) is 4.90 Å². The maximum Gasteiger partial charge on any atom is 0.333 e. The molecule has 2 atom stereocenters. The third-order valence-electron chi connectivity index (χ3n) is 5.62. The lowest BCUT2D eigenvalue weighted by molar-refractivity contribution is -0.175. The molecule has 32 heavy (non-hydrogen) atoms. The van der Waals surface area contributed by atoms with E-state index in [2.05, 4.69) is 0 Å². The van der Waals surface area contributed by atoms with Crippen LogP contribution in [0.5, 0.6) is 0 Å². The smallest absolute Gasteiger partial charge is 0.333 e. The van der Waals surface area contributed by atoms with E-state index in [0.29, 0.717) is 0 Å². The van der Waals surface area contributed by atoms with Gasteiger partial charge < -0.3 is 19.1 Å². The van der Waals surface area contributed by atoms with Gasteiger partial charge in [-0.05, 0) is 25.8 Å². The SMILES string of the molecule is CC1(C)[C@H](C(=O)OCOC(=O)CCCC(=O)OCc2ccccc2)N2C(=O)C[C@H]2S1(=O)=O. The normalized spacial score (nSPS) is 22.4. The van der Waals surface area contributed by atoms with E-state index in [-0.39, 0.29) is 32.3 Å². The second-order valence-electron chi connectivity index (χ2n) is 8.11. The van der Waals surface area contributed by atoms with Gasteiger partial charge in [0, 0.05) is 12.8 Å². The fourth-order valence-corrected chi connectivity index (χ4v) is 5.82. The van der Waals surface area contributed by atoms with Crippen molar-refractivity contribution in [3.05, 3.63) is 35.9 Å². The van der Waals surface area contributed by atoms with Gasteiger partial charge in [0.15, 0.2) is 9.84 Å². The van der Waals surface area contributed by atoms with Gasteiger partial charge in [-0.15, -0.1) is 0 Å². The van der Waals surface area contributed by atoms with Crippen LogP contribution in [-0.2, 0) is 49.8 Å². The maximum absolute atomic E-state index is 12.5. The highest BCUT2D eigenvalue weighted by Gasteiger charge is 2.68. The van der Waals surface area contributed by atoms with Gasteiger partial charge in [0.2, 0.25) is 12.7 Å². The molecule has 1 amide bonds.